The molecule has 2 rings (SSSR count). The van der Waals surface area contributed by atoms with Gasteiger partial charge in [0.25, 0.3) is 5.91 Å². The first kappa shape index (κ1) is 23.3. The van der Waals surface area contributed by atoms with E-state index in [0.29, 0.717) is 10.2 Å². The van der Waals surface area contributed by atoms with Crippen molar-refractivity contribution >= 4 is 31.9 Å². The minimum absolute atomic E-state index is 0.151. The number of sulfonamides is 1. The third kappa shape index (κ3) is 6.01. The van der Waals surface area contributed by atoms with Crippen LogP contribution in [0.2, 0.25) is 0 Å². The zero-order chi connectivity index (χ0) is 21.8. The van der Waals surface area contributed by atoms with Gasteiger partial charge in [-0.3, -0.25) is 4.79 Å². The van der Waals surface area contributed by atoms with Crippen molar-refractivity contribution in [2.24, 2.45) is 0 Å². The quantitative estimate of drug-likeness (QED) is 0.616. The predicted octanol–water partition coefficient (Wildman–Crippen LogP) is 3.70. The number of nitrogens with one attached hydrogen (secondary N) is 1. The Morgan fingerprint density at radius 2 is 1.79 bits per heavy atom. The second kappa shape index (κ2) is 9.69. The number of rotatable bonds is 8. The minimum atomic E-state index is -3.55. The predicted molar refractivity (Wildman–Crippen MR) is 113 cm³/mol. The van der Waals surface area contributed by atoms with E-state index in [4.69, 9.17) is 4.74 Å². The summed E-state index contributed by atoms with van der Waals surface area (Å²) in [7, 11) is -2.01. The molecule has 0 saturated carbocycles. The lowest BCUT2D eigenvalue weighted by molar-refractivity contribution is -0.127. The van der Waals surface area contributed by atoms with Crippen molar-refractivity contribution < 1.29 is 22.3 Å². The Labute approximate surface area is 179 Å². The molecule has 1 amide bonds. The molecule has 0 radical (unpaired) electrons. The van der Waals surface area contributed by atoms with E-state index >= 15 is 0 Å². The number of ether oxygens (including phenoxy) is 1. The maximum absolute atomic E-state index is 13.1. The van der Waals surface area contributed by atoms with Crippen molar-refractivity contribution in [3.05, 3.63) is 58.3 Å². The van der Waals surface area contributed by atoms with Crippen LogP contribution in [0.1, 0.15) is 26.3 Å². The van der Waals surface area contributed by atoms with Crippen molar-refractivity contribution in [3.8, 4) is 5.75 Å². The standard InChI is InChI=1S/C20H24BrFN2O4S/c1-13(2)24(4)29(26,27)17-8-5-15(6-9-17)12-23-20(25)14(3)28-19-10-7-16(22)11-18(19)21/h5-11,13-14H,12H2,1-4H3,(H,23,25). The molecule has 29 heavy (non-hydrogen) atoms. The summed E-state index contributed by atoms with van der Waals surface area (Å²) in [6, 6.07) is 10.1. The molecule has 0 aliphatic carbocycles. The average molecular weight is 487 g/mol. The highest BCUT2D eigenvalue weighted by molar-refractivity contribution is 9.10. The average Bonchev–Trinajstić information content (AvgIpc) is 2.67. The molecule has 1 unspecified atom stereocenters. The van der Waals surface area contributed by atoms with Gasteiger partial charge in [0, 0.05) is 19.6 Å². The number of nitrogens with zero attached hydrogens (tertiary/aromatic N) is 1. The van der Waals surface area contributed by atoms with Crippen LogP contribution >= 0.6 is 15.9 Å². The molecular formula is C20H24BrFN2O4S. The summed E-state index contributed by atoms with van der Waals surface area (Å²) in [4.78, 5) is 12.5. The first-order valence-electron chi connectivity index (χ1n) is 8.98. The Bertz CT molecular complexity index is 965. The maximum atomic E-state index is 13.1. The third-order valence-electron chi connectivity index (χ3n) is 4.36. The van der Waals surface area contributed by atoms with E-state index in [1.54, 1.807) is 32.9 Å². The zero-order valence-corrected chi connectivity index (χ0v) is 19.1. The molecule has 0 aliphatic heterocycles. The van der Waals surface area contributed by atoms with Gasteiger partial charge in [-0.25, -0.2) is 12.8 Å². The van der Waals surface area contributed by atoms with Crippen LogP contribution in [0.3, 0.4) is 0 Å². The summed E-state index contributed by atoms with van der Waals surface area (Å²) in [6.45, 7) is 5.41. The summed E-state index contributed by atoms with van der Waals surface area (Å²) in [6.07, 6.45) is -0.795. The molecule has 1 atom stereocenters. The number of benzene rings is 2. The van der Waals surface area contributed by atoms with Crippen molar-refractivity contribution in [3.63, 3.8) is 0 Å². The van der Waals surface area contributed by atoms with Crippen molar-refractivity contribution in [2.75, 3.05) is 7.05 Å². The maximum Gasteiger partial charge on any atom is 0.261 e. The normalized spacial score (nSPS) is 12.8. The second-order valence-electron chi connectivity index (χ2n) is 6.81. The Morgan fingerprint density at radius 1 is 1.17 bits per heavy atom. The number of hydrogen-bond donors (Lipinski definition) is 1. The molecule has 2 aromatic carbocycles. The van der Waals surface area contributed by atoms with E-state index in [9.17, 15) is 17.6 Å². The van der Waals surface area contributed by atoms with Gasteiger partial charge in [0.2, 0.25) is 10.0 Å². The Hall–Kier alpha value is -1.97. The molecule has 0 aliphatic rings. The molecule has 0 saturated heterocycles. The van der Waals surface area contributed by atoms with Crippen molar-refractivity contribution in [1.29, 1.82) is 0 Å². The molecule has 2 aromatic rings. The molecule has 9 heteroatoms. The number of hydrogen-bond acceptors (Lipinski definition) is 4. The van der Waals surface area contributed by atoms with Gasteiger partial charge in [-0.15, -0.1) is 0 Å². The van der Waals surface area contributed by atoms with Gasteiger partial charge < -0.3 is 10.1 Å². The molecule has 0 spiro atoms. The van der Waals surface area contributed by atoms with Gasteiger partial charge in [-0.1, -0.05) is 12.1 Å². The molecule has 0 heterocycles. The lowest BCUT2D eigenvalue weighted by Crippen LogP contribution is -2.36. The summed E-state index contributed by atoms with van der Waals surface area (Å²) in [5.74, 6) is -0.401. The molecule has 0 aromatic heterocycles. The Balaban J connectivity index is 1.96. The molecule has 1 N–H and O–H groups in total. The van der Waals surface area contributed by atoms with E-state index in [1.165, 1.54) is 41.7 Å². The lowest BCUT2D eigenvalue weighted by Gasteiger charge is -2.21. The van der Waals surface area contributed by atoms with E-state index in [1.807, 2.05) is 0 Å². The number of halogens is 2. The fraction of sp³-hybridized carbons (Fsp3) is 0.350. The summed E-state index contributed by atoms with van der Waals surface area (Å²) < 4.78 is 45.4. The topological polar surface area (TPSA) is 75.7 Å². The SMILES string of the molecule is CC(Oc1ccc(F)cc1Br)C(=O)NCc1ccc(S(=O)(=O)N(C)C(C)C)cc1. The van der Waals surface area contributed by atoms with E-state index in [0.717, 1.165) is 5.56 Å². The lowest BCUT2D eigenvalue weighted by atomic mass is 10.2. The molecule has 158 valence electrons. The Morgan fingerprint density at radius 3 is 2.34 bits per heavy atom. The fourth-order valence-corrected chi connectivity index (χ4v) is 4.18. The minimum Gasteiger partial charge on any atom is -0.480 e. The van der Waals surface area contributed by atoms with Crippen LogP contribution in [0.5, 0.6) is 5.75 Å². The van der Waals surface area contributed by atoms with Crippen molar-refractivity contribution in [2.45, 2.75) is 44.4 Å². The number of amides is 1. The van der Waals surface area contributed by atoms with Crippen LogP contribution in [0.4, 0.5) is 4.39 Å². The fourth-order valence-electron chi connectivity index (χ4n) is 2.37. The van der Waals surface area contributed by atoms with Crippen molar-refractivity contribution in [1.82, 2.24) is 9.62 Å². The first-order valence-corrected chi connectivity index (χ1v) is 11.2. The summed E-state index contributed by atoms with van der Waals surface area (Å²) in [5.41, 5.74) is 0.750. The van der Waals surface area contributed by atoms with Crippen LogP contribution < -0.4 is 10.1 Å². The molecule has 0 bridgehead atoms. The molecule has 0 fully saturated rings. The second-order valence-corrected chi connectivity index (χ2v) is 9.66. The van der Waals surface area contributed by atoms with E-state index in [-0.39, 0.29) is 23.4 Å². The van der Waals surface area contributed by atoms with Crippen LogP contribution in [-0.2, 0) is 21.4 Å². The largest absolute Gasteiger partial charge is 0.480 e. The first-order chi connectivity index (χ1) is 13.5. The van der Waals surface area contributed by atoms with Gasteiger partial charge in [-0.2, -0.15) is 4.31 Å². The smallest absolute Gasteiger partial charge is 0.261 e. The van der Waals surface area contributed by atoms with Crippen LogP contribution in [0.25, 0.3) is 0 Å². The van der Waals surface area contributed by atoms with Gasteiger partial charge in [0.05, 0.1) is 9.37 Å². The molecule has 6 nitrogen and oxygen atoms in total. The van der Waals surface area contributed by atoms with Gasteiger partial charge in [0.15, 0.2) is 6.10 Å². The van der Waals surface area contributed by atoms with E-state index in [2.05, 4.69) is 21.2 Å². The highest BCUT2D eigenvalue weighted by Gasteiger charge is 2.23. The highest BCUT2D eigenvalue weighted by Crippen LogP contribution is 2.26. The van der Waals surface area contributed by atoms with Crippen LogP contribution in [0.15, 0.2) is 51.8 Å². The number of carbonyl (C=O) groups is 1. The third-order valence-corrected chi connectivity index (χ3v) is 7.03. The van der Waals surface area contributed by atoms with Gasteiger partial charge >= 0.3 is 0 Å². The monoisotopic (exact) mass is 486 g/mol. The van der Waals surface area contributed by atoms with Crippen LogP contribution in [0, 0.1) is 5.82 Å². The number of carbonyl (C=O) groups excluding carboxylic acids is 1. The summed E-state index contributed by atoms with van der Waals surface area (Å²) in [5, 5.41) is 2.74. The molecular weight excluding hydrogens is 463 g/mol. The van der Waals surface area contributed by atoms with E-state index < -0.39 is 21.9 Å². The van der Waals surface area contributed by atoms with Gasteiger partial charge in [0.1, 0.15) is 11.6 Å². The highest BCUT2D eigenvalue weighted by atomic mass is 79.9. The summed E-state index contributed by atoms with van der Waals surface area (Å²) >= 11 is 3.19. The van der Waals surface area contributed by atoms with Crippen LogP contribution in [-0.4, -0.2) is 37.8 Å². The Kier molecular flexibility index (Phi) is 7.79. The van der Waals surface area contributed by atoms with Gasteiger partial charge in [-0.05, 0) is 72.6 Å². The zero-order valence-electron chi connectivity index (χ0n) is 16.6.